The van der Waals surface area contributed by atoms with Gasteiger partial charge in [-0.3, -0.25) is 0 Å². The average molecular weight is 166 g/mol. The fourth-order valence-corrected chi connectivity index (χ4v) is 0.825. The topological polar surface area (TPSA) is 58.2 Å². The number of rotatable bonds is 6. The maximum atomic E-state index is 9.90. The number of nitrogens with one attached hydrogen (secondary N) is 2. The van der Waals surface area contributed by atoms with Crippen molar-refractivity contribution in [2.24, 2.45) is 0 Å². The van der Waals surface area contributed by atoms with Gasteiger partial charge in [-0.05, 0) is 6.42 Å². The van der Waals surface area contributed by atoms with E-state index in [0.717, 1.165) is 19.3 Å². The highest BCUT2D eigenvalue weighted by Gasteiger charge is 1.84. The Morgan fingerprint density at radius 1 is 1.30 bits per heavy atom. The standard InChI is InChI=1S/C5H14N2O2S/c1-2-3-4-5-6-7-10(8)9/h6,10H,2-5H2,1H3,(H,7,8,9). The second-order valence-corrected chi connectivity index (χ2v) is 2.74. The molecule has 0 unspecified atom stereocenters. The third-order valence-corrected chi connectivity index (χ3v) is 1.42. The Kier molecular flexibility index (Phi) is 6.89. The third kappa shape index (κ3) is 7.87. The molecule has 0 rings (SSSR count). The first-order valence-corrected chi connectivity index (χ1v) is 4.58. The predicted octanol–water partition coefficient (Wildman–Crippen LogP) is -0.203. The Balaban J connectivity index is 2.91. The molecule has 4 nitrogen and oxygen atoms in total. The van der Waals surface area contributed by atoms with E-state index in [0.29, 0.717) is 6.54 Å². The lowest BCUT2D eigenvalue weighted by Crippen LogP contribution is -2.30. The van der Waals surface area contributed by atoms with E-state index < -0.39 is 10.9 Å². The van der Waals surface area contributed by atoms with Crippen LogP contribution < -0.4 is 10.3 Å². The minimum absolute atomic E-state index is 0.706. The molecule has 0 bridgehead atoms. The number of unbranched alkanes of at least 4 members (excludes halogenated alkanes) is 2. The van der Waals surface area contributed by atoms with Crippen LogP contribution in [0.4, 0.5) is 0 Å². The molecule has 0 radical (unpaired) electrons. The molecule has 0 aliphatic rings. The van der Waals surface area contributed by atoms with Gasteiger partial charge in [0.25, 0.3) is 0 Å². The molecule has 0 saturated heterocycles. The van der Waals surface area contributed by atoms with Gasteiger partial charge in [-0.15, -0.1) is 0 Å². The quantitative estimate of drug-likeness (QED) is 0.291. The number of thiol groups is 1. The van der Waals surface area contributed by atoms with E-state index in [1.165, 1.54) is 0 Å². The van der Waals surface area contributed by atoms with E-state index in [2.05, 4.69) is 17.2 Å². The zero-order chi connectivity index (χ0) is 7.82. The maximum absolute atomic E-state index is 9.90. The summed E-state index contributed by atoms with van der Waals surface area (Å²) in [5.74, 6) is 0. The minimum atomic E-state index is -2.48. The zero-order valence-corrected chi connectivity index (χ0v) is 6.99. The van der Waals surface area contributed by atoms with Crippen molar-refractivity contribution in [3.63, 3.8) is 0 Å². The summed E-state index contributed by atoms with van der Waals surface area (Å²) in [6.45, 7) is 2.80. The molecule has 5 heteroatoms. The number of hydrogen-bond donors (Lipinski definition) is 3. The molecular formula is C5H14N2O2S. The monoisotopic (exact) mass is 166 g/mol. The van der Waals surface area contributed by atoms with E-state index in [1.807, 2.05) is 0 Å². The number of hydrazine groups is 1. The fourth-order valence-electron chi connectivity index (χ4n) is 0.584. The molecule has 10 heavy (non-hydrogen) atoms. The lowest BCUT2D eigenvalue weighted by Gasteiger charge is -1.98. The highest BCUT2D eigenvalue weighted by Crippen LogP contribution is 1.89. The molecule has 0 fully saturated rings. The molecule has 2 N–H and O–H groups in total. The van der Waals surface area contributed by atoms with Crippen LogP contribution in [0.25, 0.3) is 0 Å². The Bertz CT molecular complexity index is 128. The largest absolute Gasteiger partial charge is 0.244 e. The number of hydrogen-bond acceptors (Lipinski definition) is 3. The van der Waals surface area contributed by atoms with E-state index in [9.17, 15) is 8.42 Å². The smallest absolute Gasteiger partial charge is 0.214 e. The van der Waals surface area contributed by atoms with Gasteiger partial charge in [0.1, 0.15) is 0 Å². The van der Waals surface area contributed by atoms with Crippen molar-refractivity contribution in [3.05, 3.63) is 0 Å². The van der Waals surface area contributed by atoms with Crippen LogP contribution in [0, 0.1) is 0 Å². The lowest BCUT2D eigenvalue weighted by molar-refractivity contribution is 0.560. The van der Waals surface area contributed by atoms with Crippen LogP contribution >= 0.6 is 0 Å². The zero-order valence-electron chi connectivity index (χ0n) is 6.09. The summed E-state index contributed by atoms with van der Waals surface area (Å²) in [5.41, 5.74) is 2.57. The highest BCUT2D eigenvalue weighted by atomic mass is 32.2. The van der Waals surface area contributed by atoms with Crippen molar-refractivity contribution in [3.8, 4) is 0 Å². The summed E-state index contributed by atoms with van der Waals surface area (Å²) < 4.78 is 19.8. The van der Waals surface area contributed by atoms with Gasteiger partial charge in [-0.1, -0.05) is 19.8 Å². The van der Waals surface area contributed by atoms with Crippen LogP contribution in [0.5, 0.6) is 0 Å². The molecule has 0 aliphatic heterocycles. The van der Waals surface area contributed by atoms with Gasteiger partial charge in [0.15, 0.2) is 0 Å². The van der Waals surface area contributed by atoms with Crippen molar-refractivity contribution < 1.29 is 8.42 Å². The van der Waals surface area contributed by atoms with Crippen molar-refractivity contribution >= 4 is 10.9 Å². The SMILES string of the molecule is CCCCCNN[SH](=O)=O. The van der Waals surface area contributed by atoms with Gasteiger partial charge < -0.3 is 0 Å². The van der Waals surface area contributed by atoms with Crippen LogP contribution in [0.15, 0.2) is 0 Å². The van der Waals surface area contributed by atoms with E-state index in [-0.39, 0.29) is 0 Å². The summed E-state index contributed by atoms with van der Waals surface area (Å²) in [5, 5.41) is 0. The Morgan fingerprint density at radius 2 is 2.00 bits per heavy atom. The van der Waals surface area contributed by atoms with E-state index in [1.54, 1.807) is 0 Å². The molecule has 62 valence electrons. The molecule has 0 aromatic heterocycles. The summed E-state index contributed by atoms with van der Waals surface area (Å²) in [4.78, 5) is 2.11. The molecule has 0 atom stereocenters. The molecule has 0 saturated carbocycles. The molecule has 0 spiro atoms. The van der Waals surface area contributed by atoms with Crippen LogP contribution in [0.1, 0.15) is 26.2 Å². The molecule has 0 aromatic rings. The van der Waals surface area contributed by atoms with Gasteiger partial charge in [-0.2, -0.15) is 4.83 Å². The van der Waals surface area contributed by atoms with Crippen molar-refractivity contribution in [2.75, 3.05) is 6.54 Å². The molecule has 0 aromatic carbocycles. The van der Waals surface area contributed by atoms with Gasteiger partial charge >= 0.3 is 0 Å². The van der Waals surface area contributed by atoms with Crippen LogP contribution in [0.2, 0.25) is 0 Å². The van der Waals surface area contributed by atoms with Crippen LogP contribution in [-0.4, -0.2) is 15.0 Å². The van der Waals surface area contributed by atoms with Crippen molar-refractivity contribution in [2.45, 2.75) is 26.2 Å². The highest BCUT2D eigenvalue weighted by molar-refractivity contribution is 7.70. The van der Waals surface area contributed by atoms with Gasteiger partial charge in [0.2, 0.25) is 10.9 Å². The summed E-state index contributed by atoms with van der Waals surface area (Å²) in [6.07, 6.45) is 3.28. The Hall–Kier alpha value is -0.130. The van der Waals surface area contributed by atoms with Gasteiger partial charge in [0.05, 0.1) is 0 Å². The van der Waals surface area contributed by atoms with Gasteiger partial charge in [-0.25, -0.2) is 13.8 Å². The second kappa shape index (κ2) is 6.98. The Morgan fingerprint density at radius 3 is 2.50 bits per heavy atom. The average Bonchev–Trinajstić information content (AvgIpc) is 1.87. The molecule has 0 heterocycles. The molecule has 0 aliphatic carbocycles. The second-order valence-electron chi connectivity index (χ2n) is 2.00. The lowest BCUT2D eigenvalue weighted by atomic mass is 10.3. The third-order valence-electron chi connectivity index (χ3n) is 1.08. The predicted molar refractivity (Wildman–Crippen MR) is 41.0 cm³/mol. The Labute approximate surface area is 63.1 Å². The summed E-state index contributed by atoms with van der Waals surface area (Å²) in [6, 6.07) is 0. The van der Waals surface area contributed by atoms with Crippen molar-refractivity contribution in [1.29, 1.82) is 0 Å². The summed E-state index contributed by atoms with van der Waals surface area (Å²) in [7, 11) is -2.48. The van der Waals surface area contributed by atoms with E-state index >= 15 is 0 Å². The minimum Gasteiger partial charge on any atom is -0.244 e. The van der Waals surface area contributed by atoms with Crippen molar-refractivity contribution in [1.82, 2.24) is 10.3 Å². The molecule has 0 amide bonds. The fraction of sp³-hybridized carbons (Fsp3) is 1.00. The van der Waals surface area contributed by atoms with E-state index in [4.69, 9.17) is 0 Å². The normalized spacial score (nSPS) is 10.6. The van der Waals surface area contributed by atoms with Gasteiger partial charge in [0, 0.05) is 6.54 Å². The molecular weight excluding hydrogens is 152 g/mol. The first-order valence-electron chi connectivity index (χ1n) is 3.40. The maximum Gasteiger partial charge on any atom is 0.214 e. The summed E-state index contributed by atoms with van der Waals surface area (Å²) >= 11 is 0. The van der Waals surface area contributed by atoms with Crippen LogP contribution in [0.3, 0.4) is 0 Å². The first-order chi connectivity index (χ1) is 4.77. The first kappa shape index (κ1) is 9.87. The van der Waals surface area contributed by atoms with Crippen LogP contribution in [-0.2, 0) is 10.9 Å².